The van der Waals surface area contributed by atoms with E-state index in [2.05, 4.69) is 10.3 Å². The molecule has 0 unspecified atom stereocenters. The first kappa shape index (κ1) is 13.3. The van der Waals surface area contributed by atoms with Gasteiger partial charge < -0.3 is 15.0 Å². The number of ether oxygens (including phenoxy) is 1. The zero-order chi connectivity index (χ0) is 14.0. The quantitative estimate of drug-likeness (QED) is 0.840. The van der Waals surface area contributed by atoms with Crippen molar-refractivity contribution < 1.29 is 14.3 Å². The molecule has 1 aromatic rings. The average molecular weight is 263 g/mol. The number of hydrogen-bond acceptors (Lipinski definition) is 4. The number of pyridine rings is 1. The van der Waals surface area contributed by atoms with E-state index in [0.717, 1.165) is 0 Å². The fourth-order valence-electron chi connectivity index (χ4n) is 2.04. The predicted molar refractivity (Wildman–Crippen MR) is 68.9 cm³/mol. The molecule has 0 aliphatic carbocycles. The van der Waals surface area contributed by atoms with Crippen LogP contribution in [0, 0.1) is 0 Å². The van der Waals surface area contributed by atoms with E-state index < -0.39 is 5.54 Å². The molecular weight excluding hydrogens is 246 g/mol. The van der Waals surface area contributed by atoms with Crippen LogP contribution in [0.2, 0.25) is 0 Å². The first-order valence-corrected chi connectivity index (χ1v) is 6.07. The summed E-state index contributed by atoms with van der Waals surface area (Å²) >= 11 is 0. The Bertz CT molecular complexity index is 496. The highest BCUT2D eigenvalue weighted by molar-refractivity contribution is 5.99. The fraction of sp³-hybridized carbons (Fsp3) is 0.462. The number of nitrogens with one attached hydrogen (secondary N) is 1. The lowest BCUT2D eigenvalue weighted by molar-refractivity contribution is -0.133. The summed E-state index contributed by atoms with van der Waals surface area (Å²) < 4.78 is 4.95. The molecule has 0 radical (unpaired) electrons. The Morgan fingerprint density at radius 1 is 1.47 bits per heavy atom. The van der Waals surface area contributed by atoms with E-state index in [0.29, 0.717) is 24.5 Å². The van der Waals surface area contributed by atoms with Crippen LogP contribution >= 0.6 is 0 Å². The van der Waals surface area contributed by atoms with Crippen molar-refractivity contribution >= 4 is 11.8 Å². The van der Waals surface area contributed by atoms with Crippen LogP contribution in [0.3, 0.4) is 0 Å². The van der Waals surface area contributed by atoms with Crippen LogP contribution in [0.1, 0.15) is 24.2 Å². The van der Waals surface area contributed by atoms with Crippen molar-refractivity contribution in [3.05, 3.63) is 23.9 Å². The topological polar surface area (TPSA) is 71.5 Å². The molecule has 0 spiro atoms. The fourth-order valence-corrected chi connectivity index (χ4v) is 2.04. The van der Waals surface area contributed by atoms with Gasteiger partial charge in [0.25, 0.3) is 5.91 Å². The predicted octanol–water partition coefficient (Wildman–Crippen LogP) is 0.441. The molecule has 102 valence electrons. The maximum Gasteiger partial charge on any atom is 0.256 e. The second kappa shape index (κ2) is 4.87. The van der Waals surface area contributed by atoms with Crippen LogP contribution in [0.5, 0.6) is 5.88 Å². The Labute approximate surface area is 111 Å². The third-order valence-corrected chi connectivity index (χ3v) is 3.29. The number of amides is 2. The van der Waals surface area contributed by atoms with Crippen molar-refractivity contribution in [3.8, 4) is 5.88 Å². The van der Waals surface area contributed by atoms with Crippen molar-refractivity contribution in [3.63, 3.8) is 0 Å². The lowest BCUT2D eigenvalue weighted by Crippen LogP contribution is -2.63. The zero-order valence-electron chi connectivity index (χ0n) is 11.3. The van der Waals surface area contributed by atoms with Crippen LogP contribution in [-0.4, -0.2) is 47.4 Å². The molecule has 2 amide bonds. The van der Waals surface area contributed by atoms with Crippen molar-refractivity contribution in [2.45, 2.75) is 19.4 Å². The number of carbonyl (C=O) groups is 2. The molecule has 1 fully saturated rings. The highest BCUT2D eigenvalue weighted by Gasteiger charge is 2.40. The smallest absolute Gasteiger partial charge is 0.256 e. The van der Waals surface area contributed by atoms with E-state index in [9.17, 15) is 9.59 Å². The van der Waals surface area contributed by atoms with Gasteiger partial charge in [0, 0.05) is 25.4 Å². The number of methoxy groups -OCH3 is 1. The van der Waals surface area contributed by atoms with Crippen molar-refractivity contribution in [2.24, 2.45) is 0 Å². The first-order chi connectivity index (χ1) is 8.96. The third kappa shape index (κ3) is 2.38. The molecule has 19 heavy (non-hydrogen) atoms. The van der Waals surface area contributed by atoms with Crippen molar-refractivity contribution in [2.75, 3.05) is 20.2 Å². The Morgan fingerprint density at radius 3 is 2.79 bits per heavy atom. The third-order valence-electron chi connectivity index (χ3n) is 3.29. The lowest BCUT2D eigenvalue weighted by atomic mass is 9.98. The summed E-state index contributed by atoms with van der Waals surface area (Å²) in [5.41, 5.74) is -0.404. The summed E-state index contributed by atoms with van der Waals surface area (Å²) in [5.74, 6) is 0.107. The van der Waals surface area contributed by atoms with Gasteiger partial charge >= 0.3 is 0 Å². The van der Waals surface area contributed by atoms with Gasteiger partial charge in [0.2, 0.25) is 11.8 Å². The minimum Gasteiger partial charge on any atom is -0.481 e. The van der Waals surface area contributed by atoms with E-state index in [1.807, 2.05) is 0 Å². The number of nitrogens with zero attached hydrogens (tertiary/aromatic N) is 2. The Kier molecular flexibility index (Phi) is 3.42. The molecule has 1 N–H and O–H groups in total. The summed E-state index contributed by atoms with van der Waals surface area (Å²) in [6.45, 7) is 4.42. The summed E-state index contributed by atoms with van der Waals surface area (Å²) in [4.78, 5) is 29.8. The van der Waals surface area contributed by atoms with Crippen LogP contribution < -0.4 is 10.1 Å². The molecule has 1 aromatic heterocycles. The first-order valence-electron chi connectivity index (χ1n) is 6.07. The molecule has 6 heteroatoms. The van der Waals surface area contributed by atoms with Gasteiger partial charge in [0.1, 0.15) is 5.54 Å². The number of rotatable bonds is 2. The van der Waals surface area contributed by atoms with E-state index in [1.165, 1.54) is 13.3 Å². The molecule has 1 aliphatic heterocycles. The van der Waals surface area contributed by atoms with E-state index in [1.54, 1.807) is 30.9 Å². The van der Waals surface area contributed by atoms with Gasteiger partial charge in [0.15, 0.2) is 0 Å². The number of carbonyl (C=O) groups excluding carboxylic acids is 2. The summed E-state index contributed by atoms with van der Waals surface area (Å²) in [7, 11) is 1.52. The largest absolute Gasteiger partial charge is 0.481 e. The normalized spacial score (nSPS) is 17.8. The minimum atomic E-state index is -0.852. The van der Waals surface area contributed by atoms with Crippen LogP contribution in [0.25, 0.3) is 0 Å². The molecule has 1 saturated heterocycles. The summed E-state index contributed by atoms with van der Waals surface area (Å²) in [6.07, 6.45) is 1.46. The minimum absolute atomic E-state index is 0.145. The Hall–Kier alpha value is -2.11. The summed E-state index contributed by atoms with van der Waals surface area (Å²) in [6, 6.07) is 3.28. The van der Waals surface area contributed by atoms with Gasteiger partial charge in [0.05, 0.1) is 12.7 Å². The lowest BCUT2D eigenvalue weighted by Gasteiger charge is -2.41. The molecule has 1 aliphatic rings. The molecule has 0 bridgehead atoms. The Balaban J connectivity index is 2.24. The molecule has 2 heterocycles. The maximum atomic E-state index is 12.4. The standard InChI is InChI=1S/C13H17N3O3/c1-13(2)12(18)14-6-7-16(13)11(17)9-4-5-10(19-3)15-8-9/h4-5,8H,6-7H2,1-3H3,(H,14,18). The van der Waals surface area contributed by atoms with Crippen molar-refractivity contribution in [1.82, 2.24) is 15.2 Å². The van der Waals surface area contributed by atoms with Gasteiger partial charge in [-0.25, -0.2) is 4.98 Å². The Morgan fingerprint density at radius 2 is 2.21 bits per heavy atom. The van der Waals surface area contributed by atoms with Crippen molar-refractivity contribution in [1.29, 1.82) is 0 Å². The number of aromatic nitrogens is 1. The maximum absolute atomic E-state index is 12.4. The molecule has 6 nitrogen and oxygen atoms in total. The van der Waals surface area contributed by atoms with Gasteiger partial charge in [-0.1, -0.05) is 0 Å². The van der Waals surface area contributed by atoms with Gasteiger partial charge in [-0.15, -0.1) is 0 Å². The zero-order valence-corrected chi connectivity index (χ0v) is 11.3. The van der Waals surface area contributed by atoms with E-state index in [4.69, 9.17) is 4.74 Å². The number of piperazine rings is 1. The van der Waals surface area contributed by atoms with Crippen LogP contribution in [0.15, 0.2) is 18.3 Å². The second-order valence-corrected chi connectivity index (χ2v) is 4.86. The van der Waals surface area contributed by atoms with E-state index >= 15 is 0 Å². The number of hydrogen-bond donors (Lipinski definition) is 1. The van der Waals surface area contributed by atoms with Gasteiger partial charge in [-0.05, 0) is 19.9 Å². The van der Waals surface area contributed by atoms with Crippen LogP contribution in [-0.2, 0) is 4.79 Å². The molecule has 0 aromatic carbocycles. The molecule has 0 atom stereocenters. The second-order valence-electron chi connectivity index (χ2n) is 4.86. The van der Waals surface area contributed by atoms with Gasteiger partial charge in [-0.2, -0.15) is 0 Å². The summed E-state index contributed by atoms with van der Waals surface area (Å²) in [5, 5.41) is 2.76. The highest BCUT2D eigenvalue weighted by Crippen LogP contribution is 2.21. The SMILES string of the molecule is COc1ccc(C(=O)N2CCNC(=O)C2(C)C)cn1. The molecular formula is C13H17N3O3. The monoisotopic (exact) mass is 263 g/mol. The average Bonchev–Trinajstić information content (AvgIpc) is 2.41. The van der Waals surface area contributed by atoms with Crippen LogP contribution in [0.4, 0.5) is 0 Å². The highest BCUT2D eigenvalue weighted by atomic mass is 16.5. The van der Waals surface area contributed by atoms with Gasteiger partial charge in [-0.3, -0.25) is 9.59 Å². The molecule has 0 saturated carbocycles. The van der Waals surface area contributed by atoms with E-state index in [-0.39, 0.29) is 11.8 Å². The molecule has 2 rings (SSSR count).